The van der Waals surface area contributed by atoms with Crippen LogP contribution in [0.4, 0.5) is 0 Å². The molecular weight excluding hydrogens is 452 g/mol. The van der Waals surface area contributed by atoms with Gasteiger partial charge in [0.2, 0.25) is 0 Å². The van der Waals surface area contributed by atoms with Gasteiger partial charge in [-0.15, -0.1) is 0 Å². The number of carbonyl (C=O) groups is 3. The molecule has 0 bridgehead atoms. The fourth-order valence-corrected chi connectivity index (χ4v) is 9.90. The summed E-state index contributed by atoms with van der Waals surface area (Å²) < 4.78 is 5.18. The molecule has 0 heterocycles. The van der Waals surface area contributed by atoms with Gasteiger partial charge >= 0.3 is 5.97 Å². The van der Waals surface area contributed by atoms with Gasteiger partial charge in [0, 0.05) is 22.2 Å². The van der Waals surface area contributed by atoms with Gasteiger partial charge in [0.1, 0.15) is 5.60 Å². The number of hydrogen-bond acceptors (Lipinski definition) is 5. The Hall–Kier alpha value is -1.75. The standard InChI is InChI=1S/C31H44O5/c1-25(2)19-9-12-29(6)20(28(19,5)11-10-22(25)32)17-23(33)31(35)21-18-27(4,24(34)36-8)14-13-26(21,3)15-16-30(29,31)7/h10-11,17,19,21,35H,9,12-16,18H2,1-8H3/t19-,21+,26+,27-,28-,29+,30-,31+/m0/s1. The first kappa shape index (κ1) is 25.9. The van der Waals surface area contributed by atoms with Crippen molar-refractivity contribution in [2.45, 2.75) is 99.0 Å². The van der Waals surface area contributed by atoms with E-state index in [1.807, 2.05) is 26.8 Å². The van der Waals surface area contributed by atoms with E-state index < -0.39 is 32.7 Å². The van der Waals surface area contributed by atoms with Crippen LogP contribution in [-0.4, -0.2) is 35.4 Å². The van der Waals surface area contributed by atoms with Crippen LogP contribution in [0.2, 0.25) is 0 Å². The largest absolute Gasteiger partial charge is 0.469 e. The van der Waals surface area contributed by atoms with Crippen molar-refractivity contribution in [3.05, 3.63) is 23.8 Å². The third-order valence-corrected chi connectivity index (χ3v) is 12.8. The highest BCUT2D eigenvalue weighted by Gasteiger charge is 2.75. The topological polar surface area (TPSA) is 80.7 Å². The maximum absolute atomic E-state index is 14.3. The smallest absolute Gasteiger partial charge is 0.311 e. The molecule has 3 fully saturated rings. The monoisotopic (exact) mass is 496 g/mol. The lowest BCUT2D eigenvalue weighted by molar-refractivity contribution is -0.244. The van der Waals surface area contributed by atoms with Gasteiger partial charge in [-0.3, -0.25) is 14.4 Å². The van der Waals surface area contributed by atoms with E-state index in [0.717, 1.165) is 37.7 Å². The number of fused-ring (bicyclic) bond motifs is 7. The number of allylic oxidation sites excluding steroid dienone is 3. The van der Waals surface area contributed by atoms with Crippen molar-refractivity contribution in [1.29, 1.82) is 0 Å². The highest BCUT2D eigenvalue weighted by molar-refractivity contribution is 6.01. The molecule has 0 aliphatic heterocycles. The average Bonchev–Trinajstić information content (AvgIpc) is 2.81. The van der Waals surface area contributed by atoms with Crippen LogP contribution in [0.1, 0.15) is 93.4 Å². The number of aliphatic hydroxyl groups is 1. The fourth-order valence-electron chi connectivity index (χ4n) is 9.90. The van der Waals surface area contributed by atoms with Gasteiger partial charge in [-0.25, -0.2) is 0 Å². The van der Waals surface area contributed by atoms with E-state index in [1.54, 1.807) is 12.2 Å². The van der Waals surface area contributed by atoms with Gasteiger partial charge in [-0.05, 0) is 86.3 Å². The lowest BCUT2D eigenvalue weighted by Gasteiger charge is -2.71. The van der Waals surface area contributed by atoms with E-state index >= 15 is 0 Å². The van der Waals surface area contributed by atoms with E-state index in [0.29, 0.717) is 12.8 Å². The van der Waals surface area contributed by atoms with Crippen LogP contribution in [0.25, 0.3) is 0 Å². The summed E-state index contributed by atoms with van der Waals surface area (Å²) in [5.41, 5.74) is -3.39. The number of ketones is 2. The Labute approximate surface area is 216 Å². The Balaban J connectivity index is 1.69. The molecule has 5 rings (SSSR count). The second-order valence-electron chi connectivity index (χ2n) is 14.6. The van der Waals surface area contributed by atoms with Crippen molar-refractivity contribution < 1.29 is 24.2 Å². The van der Waals surface area contributed by atoms with Gasteiger partial charge in [0.25, 0.3) is 0 Å². The average molecular weight is 497 g/mol. The Bertz CT molecular complexity index is 1120. The molecule has 0 amide bonds. The molecule has 0 aromatic rings. The molecule has 0 aromatic carbocycles. The Morgan fingerprint density at radius 1 is 0.917 bits per heavy atom. The van der Waals surface area contributed by atoms with E-state index in [9.17, 15) is 19.5 Å². The van der Waals surface area contributed by atoms with Crippen LogP contribution in [0.15, 0.2) is 23.8 Å². The van der Waals surface area contributed by atoms with Crippen molar-refractivity contribution in [2.75, 3.05) is 7.11 Å². The zero-order valence-electron chi connectivity index (χ0n) is 23.4. The van der Waals surface area contributed by atoms with Crippen LogP contribution in [-0.2, 0) is 19.1 Å². The molecule has 8 atom stereocenters. The van der Waals surface area contributed by atoms with Crippen LogP contribution in [0.3, 0.4) is 0 Å². The molecule has 0 spiro atoms. The van der Waals surface area contributed by atoms with Crippen molar-refractivity contribution in [3.63, 3.8) is 0 Å². The summed E-state index contributed by atoms with van der Waals surface area (Å²) in [5.74, 6) is -0.535. The lowest BCUT2D eigenvalue weighted by Crippen LogP contribution is -2.74. The predicted octanol–water partition coefficient (Wildman–Crippen LogP) is 5.60. The summed E-state index contributed by atoms with van der Waals surface area (Å²) >= 11 is 0. The molecule has 0 saturated heterocycles. The number of rotatable bonds is 1. The maximum Gasteiger partial charge on any atom is 0.311 e. The van der Waals surface area contributed by atoms with E-state index in [-0.39, 0.29) is 34.8 Å². The van der Waals surface area contributed by atoms with Crippen molar-refractivity contribution in [3.8, 4) is 0 Å². The molecule has 36 heavy (non-hydrogen) atoms. The van der Waals surface area contributed by atoms with Gasteiger partial charge in [0.15, 0.2) is 11.6 Å². The van der Waals surface area contributed by atoms with Gasteiger partial charge in [0.05, 0.1) is 12.5 Å². The van der Waals surface area contributed by atoms with Gasteiger partial charge < -0.3 is 9.84 Å². The number of hydrogen-bond donors (Lipinski definition) is 1. The summed E-state index contributed by atoms with van der Waals surface area (Å²) in [7, 11) is 1.42. The SMILES string of the molecule is COC(=O)[C@@]1(C)CC[C@]2(C)CC[C@@]3(C)[C@]4(C)CC[C@H]5C(C)(C)C(=O)C=C[C@]5(C)C4=CC(=O)[C@]3(O)[C@@H]2C1. The van der Waals surface area contributed by atoms with Gasteiger partial charge in [-0.1, -0.05) is 47.6 Å². The quantitative estimate of drug-likeness (QED) is 0.478. The molecule has 5 aliphatic rings. The van der Waals surface area contributed by atoms with Crippen LogP contribution in [0.5, 0.6) is 0 Å². The summed E-state index contributed by atoms with van der Waals surface area (Å²) in [6, 6.07) is 0. The Morgan fingerprint density at radius 3 is 2.19 bits per heavy atom. The number of esters is 1. The highest BCUT2D eigenvalue weighted by atomic mass is 16.5. The zero-order chi connectivity index (χ0) is 26.7. The fraction of sp³-hybridized carbons (Fsp3) is 0.774. The third kappa shape index (κ3) is 2.74. The molecule has 0 unspecified atom stereocenters. The molecule has 5 aliphatic carbocycles. The predicted molar refractivity (Wildman–Crippen MR) is 138 cm³/mol. The van der Waals surface area contributed by atoms with E-state index in [1.165, 1.54) is 7.11 Å². The summed E-state index contributed by atoms with van der Waals surface area (Å²) in [6.07, 6.45) is 10.9. The van der Waals surface area contributed by atoms with Crippen LogP contribution >= 0.6 is 0 Å². The minimum atomic E-state index is -1.55. The third-order valence-electron chi connectivity index (χ3n) is 12.8. The van der Waals surface area contributed by atoms with Crippen molar-refractivity contribution in [2.24, 2.45) is 44.3 Å². The molecule has 5 nitrogen and oxygen atoms in total. The zero-order valence-corrected chi connectivity index (χ0v) is 23.4. The van der Waals surface area contributed by atoms with Crippen molar-refractivity contribution >= 4 is 17.5 Å². The van der Waals surface area contributed by atoms with Crippen LogP contribution in [0, 0.1) is 44.3 Å². The van der Waals surface area contributed by atoms with Crippen molar-refractivity contribution in [1.82, 2.24) is 0 Å². The Kier molecular flexibility index (Phi) is 5.18. The maximum atomic E-state index is 14.3. The summed E-state index contributed by atoms with van der Waals surface area (Å²) in [6.45, 7) is 14.8. The second kappa shape index (κ2) is 7.21. The molecule has 198 valence electrons. The molecule has 3 saturated carbocycles. The lowest BCUT2D eigenvalue weighted by atomic mass is 9.33. The van der Waals surface area contributed by atoms with Gasteiger partial charge in [-0.2, -0.15) is 0 Å². The number of methoxy groups -OCH3 is 1. The Morgan fingerprint density at radius 2 is 1.56 bits per heavy atom. The minimum absolute atomic E-state index is 0.107. The highest BCUT2D eigenvalue weighted by Crippen LogP contribution is 2.75. The van der Waals surface area contributed by atoms with Crippen LogP contribution < -0.4 is 0 Å². The molecule has 1 N–H and O–H groups in total. The van der Waals surface area contributed by atoms with E-state index in [2.05, 4.69) is 27.7 Å². The van der Waals surface area contributed by atoms with E-state index in [4.69, 9.17) is 4.74 Å². The second-order valence-corrected chi connectivity index (χ2v) is 14.6. The molecule has 0 radical (unpaired) electrons. The number of ether oxygens (including phenoxy) is 1. The summed E-state index contributed by atoms with van der Waals surface area (Å²) in [5, 5.41) is 12.8. The first-order valence-electron chi connectivity index (χ1n) is 13.8. The molecule has 5 heteroatoms. The first-order chi connectivity index (χ1) is 16.5. The number of carbonyl (C=O) groups excluding carboxylic acids is 3. The normalized spacial score (nSPS) is 51.3. The summed E-state index contributed by atoms with van der Waals surface area (Å²) in [4.78, 5) is 40.0. The minimum Gasteiger partial charge on any atom is -0.469 e. The molecular formula is C31H44O5. The first-order valence-corrected chi connectivity index (χ1v) is 13.8. The molecule has 0 aromatic heterocycles.